The maximum atomic E-state index is 13.1. The van der Waals surface area contributed by atoms with Gasteiger partial charge in [0.1, 0.15) is 5.57 Å². The Morgan fingerprint density at radius 1 is 0.316 bits per heavy atom. The van der Waals surface area contributed by atoms with Crippen LogP contribution in [0.25, 0.3) is 16.9 Å². The molecule has 3 rings (SSSR count). The van der Waals surface area contributed by atoms with Crippen molar-refractivity contribution in [3.05, 3.63) is 86.5 Å². The first-order chi connectivity index (χ1) is 38.9. The molecule has 0 aromatic heterocycles. The second kappa shape index (κ2) is 52.4. The summed E-state index contributed by atoms with van der Waals surface area (Å²) in [4.78, 5) is 0. The summed E-state index contributed by atoms with van der Waals surface area (Å²) < 4.78 is 1.66. The average molecular weight is 1130 g/mol. The van der Waals surface area contributed by atoms with Crippen molar-refractivity contribution in [3.63, 3.8) is 0 Å². The molecule has 0 N–H and O–H groups in total. The van der Waals surface area contributed by atoms with Crippen LogP contribution in [0.4, 0.5) is 0 Å². The standard InChI is InChI=1S/C72H120N2.2C2H5.Ni/c1-7-13-19-24-29-30-31-32-33-34-35-40-45-50-56-70-69(55-18-12-6)71(67-59-63(51-46-41-36-25-20-14-8-2)57-64(60-67)52-47-42-37-26-21-15-9-3)74(73)72(70)68-61-65(53-48-43-38-27-22-16-10-4)58-66(62-68)54-49-44-39-28-23-17-11-5;2*1-2;/h57-62H,7-49,51-55H2,1-6H3;2*1H2,2H3;. The number of hydrogen-bond donors (Lipinski definition) is 0. The van der Waals surface area contributed by atoms with E-state index in [2.05, 4.69) is 104 Å². The van der Waals surface area contributed by atoms with Crippen LogP contribution in [0.2, 0.25) is 10.8 Å². The Kier molecular flexibility index (Phi) is 48.2. The van der Waals surface area contributed by atoms with Gasteiger partial charge in [0.15, 0.2) is 0 Å². The van der Waals surface area contributed by atoms with Crippen molar-refractivity contribution in [1.82, 2.24) is 0 Å². The van der Waals surface area contributed by atoms with E-state index in [-0.39, 0.29) is 0 Å². The molecule has 0 amide bonds. The van der Waals surface area contributed by atoms with Crippen molar-refractivity contribution in [2.24, 2.45) is 0 Å². The van der Waals surface area contributed by atoms with Crippen molar-refractivity contribution in [3.8, 4) is 11.8 Å². The monoisotopic (exact) mass is 1130 g/mol. The number of unbranched alkanes of at least 4 members (excludes halogenated alkanes) is 37. The van der Waals surface area contributed by atoms with Gasteiger partial charge < -0.3 is 5.53 Å². The van der Waals surface area contributed by atoms with Gasteiger partial charge in [-0.25, -0.2) is 4.70 Å². The molecule has 0 aliphatic carbocycles. The van der Waals surface area contributed by atoms with Gasteiger partial charge in [-0.1, -0.05) is 297 Å². The normalized spacial score (nSPS) is 12.5. The molecule has 0 saturated carbocycles. The molecule has 0 spiro atoms. The van der Waals surface area contributed by atoms with Crippen LogP contribution in [0.1, 0.15) is 371 Å². The van der Waals surface area contributed by atoms with Crippen molar-refractivity contribution in [2.75, 3.05) is 0 Å². The molecule has 1 aliphatic heterocycles. The second-order valence-electron chi connectivity index (χ2n) is 24.1. The molecule has 0 saturated heterocycles. The van der Waals surface area contributed by atoms with Gasteiger partial charge in [0.05, 0.1) is 0 Å². The number of rotatable bonds is 51. The molecule has 0 radical (unpaired) electrons. The number of hydrogen-bond acceptors (Lipinski definition) is 0. The van der Waals surface area contributed by atoms with E-state index in [1.807, 2.05) is 14.4 Å². The van der Waals surface area contributed by atoms with Crippen LogP contribution in [0, 0.1) is 11.8 Å². The van der Waals surface area contributed by atoms with Gasteiger partial charge >= 0.3 is 39.1 Å². The zero-order chi connectivity index (χ0) is 57.1. The molecule has 2 nitrogen and oxygen atoms in total. The predicted molar refractivity (Wildman–Crippen MR) is 351 cm³/mol. The molecule has 0 fully saturated rings. The van der Waals surface area contributed by atoms with Gasteiger partial charge in [-0.05, 0) is 117 Å². The summed E-state index contributed by atoms with van der Waals surface area (Å²) in [5, 5.41) is 2.56. The summed E-state index contributed by atoms with van der Waals surface area (Å²) in [6, 6.07) is 14.9. The van der Waals surface area contributed by atoms with Crippen LogP contribution in [0.3, 0.4) is 0 Å². The van der Waals surface area contributed by atoms with Crippen molar-refractivity contribution < 1.29 is 19.1 Å². The van der Waals surface area contributed by atoms with Crippen molar-refractivity contribution in [2.45, 2.75) is 374 Å². The molecule has 0 bridgehead atoms. The summed E-state index contributed by atoms with van der Waals surface area (Å²) in [6.45, 7) is 18.3. The quantitative estimate of drug-likeness (QED) is 0.0273. The first-order valence-corrected chi connectivity index (χ1v) is 36.5. The predicted octanol–water partition coefficient (Wildman–Crippen LogP) is 26.3. The third-order valence-corrected chi connectivity index (χ3v) is 17.6. The molecule has 1 aliphatic rings. The second-order valence-corrected chi connectivity index (χ2v) is 26.0. The SMILES string of the molecule is CCCCCCCCCCCCCCC#CC1=C(c2cc(CCCCCCCCC)cc(CCCCCCCCC)c2)[N+](=[N-])C(c2cc(CCCCCCCCC)cc(CCCCCCCCC)c2)=C1CCCC.C[CH2][Ni][CH2]C. The van der Waals surface area contributed by atoms with E-state index >= 15 is 0 Å². The molecule has 0 atom stereocenters. The van der Waals surface area contributed by atoms with E-state index in [0.29, 0.717) is 0 Å². The molecule has 2 aromatic rings. The minimum absolute atomic E-state index is 0.925. The summed E-state index contributed by atoms with van der Waals surface area (Å²) in [6.07, 6.45) is 62.0. The van der Waals surface area contributed by atoms with Crippen molar-refractivity contribution >= 4 is 11.4 Å². The Morgan fingerprint density at radius 2 is 0.595 bits per heavy atom. The molecule has 2 aromatic carbocycles. The first kappa shape index (κ1) is 72.7. The molecule has 1 heterocycles. The Labute approximate surface area is 500 Å². The van der Waals surface area contributed by atoms with Crippen LogP contribution < -0.4 is 0 Å². The Hall–Kier alpha value is -2.43. The van der Waals surface area contributed by atoms with Gasteiger partial charge in [-0.2, -0.15) is 0 Å². The zero-order valence-corrected chi connectivity index (χ0v) is 55.0. The number of nitrogens with zero attached hydrogens (tertiary/aromatic N) is 2. The summed E-state index contributed by atoms with van der Waals surface area (Å²) in [5.41, 5.74) is 25.6. The average Bonchev–Trinajstić information content (AvgIpc) is 3.92. The van der Waals surface area contributed by atoms with E-state index in [0.717, 1.165) is 74.8 Å². The van der Waals surface area contributed by atoms with Gasteiger partial charge in [0, 0.05) is 23.1 Å². The summed E-state index contributed by atoms with van der Waals surface area (Å²) >= 11 is 1.82. The van der Waals surface area contributed by atoms with E-state index in [9.17, 15) is 5.53 Å². The van der Waals surface area contributed by atoms with Crippen LogP contribution in [0.5, 0.6) is 0 Å². The first-order valence-electron chi connectivity index (χ1n) is 35.1. The Balaban J connectivity index is 0.00000407. The third-order valence-electron chi connectivity index (χ3n) is 16.6. The van der Waals surface area contributed by atoms with Crippen molar-refractivity contribution in [1.29, 1.82) is 0 Å². The van der Waals surface area contributed by atoms with E-state index in [1.165, 1.54) is 300 Å². The van der Waals surface area contributed by atoms with Gasteiger partial charge in [0.25, 0.3) is 0 Å². The summed E-state index contributed by atoms with van der Waals surface area (Å²) in [5.74, 6) is 7.64. The Morgan fingerprint density at radius 3 is 0.886 bits per heavy atom. The van der Waals surface area contributed by atoms with E-state index in [4.69, 9.17) is 0 Å². The topological polar surface area (TPSA) is 25.3 Å². The maximum absolute atomic E-state index is 13.1. The zero-order valence-electron chi connectivity index (χ0n) is 54.0. The number of aryl methyl sites for hydroxylation is 4. The molecule has 79 heavy (non-hydrogen) atoms. The number of benzene rings is 2. The third kappa shape index (κ3) is 35.4. The summed E-state index contributed by atoms with van der Waals surface area (Å²) in [7, 11) is 0. The van der Waals surface area contributed by atoms with Crippen LogP contribution in [-0.2, 0) is 40.1 Å². The van der Waals surface area contributed by atoms with Gasteiger partial charge in [0.2, 0.25) is 11.4 Å². The molecule has 0 unspecified atom stereocenters. The minimum atomic E-state index is 0.925. The van der Waals surface area contributed by atoms with Crippen LogP contribution >= 0.6 is 0 Å². The van der Waals surface area contributed by atoms with Gasteiger partial charge in [-0.15, -0.1) is 0 Å². The van der Waals surface area contributed by atoms with E-state index < -0.39 is 0 Å². The fourth-order valence-electron chi connectivity index (χ4n) is 11.8. The van der Waals surface area contributed by atoms with E-state index in [1.54, 1.807) is 4.70 Å². The fourth-order valence-corrected chi connectivity index (χ4v) is 12.3. The molecule has 3 heteroatoms. The fraction of sp³-hybridized carbons (Fsp3) is 0.763. The van der Waals surface area contributed by atoms with Crippen LogP contribution in [-0.4, -0.2) is 4.70 Å². The number of allylic oxidation sites excluding steroid dienone is 2. The van der Waals surface area contributed by atoms with Crippen LogP contribution in [0.15, 0.2) is 47.5 Å². The molecule has 454 valence electrons. The molecular formula is C76H130N2Ni. The Bertz CT molecular complexity index is 1830. The molecular weight excluding hydrogens is 1000 g/mol. The van der Waals surface area contributed by atoms with Gasteiger partial charge in [-0.3, -0.25) is 0 Å².